The van der Waals surface area contributed by atoms with Crippen LogP contribution in [-0.2, 0) is 14.3 Å². The normalized spacial score (nSPS) is 23.7. The molecular weight excluding hydrogens is 420 g/mol. The Balaban J connectivity index is 1.18. The van der Waals surface area contributed by atoms with E-state index in [4.69, 9.17) is 4.74 Å². The van der Waals surface area contributed by atoms with Crippen molar-refractivity contribution in [2.24, 2.45) is 5.92 Å². The Bertz CT molecular complexity index is 1070. The van der Waals surface area contributed by atoms with Crippen molar-refractivity contribution in [2.75, 3.05) is 13.2 Å². The third kappa shape index (κ3) is 3.65. The highest BCUT2D eigenvalue weighted by molar-refractivity contribution is 5.91. The van der Waals surface area contributed by atoms with Crippen molar-refractivity contribution in [3.8, 4) is 11.1 Å². The number of nitrogens with one attached hydrogen (secondary N) is 1. The lowest BCUT2D eigenvalue weighted by atomic mass is 9.98. The maximum Gasteiger partial charge on any atom is 0.407 e. The molecule has 5 rings (SSSR count). The highest BCUT2D eigenvalue weighted by atomic mass is 16.5. The summed E-state index contributed by atoms with van der Waals surface area (Å²) in [6.07, 6.45) is 1.67. The Morgan fingerprint density at radius 3 is 2.39 bits per heavy atom. The number of hydrogen-bond donors (Lipinski definition) is 2. The number of piperidine rings is 1. The van der Waals surface area contributed by atoms with Crippen LogP contribution in [0.3, 0.4) is 0 Å². The largest absolute Gasteiger partial charge is 0.479 e. The average Bonchev–Trinajstić information content (AvgIpc) is 3.48. The molecule has 2 N–H and O–H groups in total. The van der Waals surface area contributed by atoms with Crippen molar-refractivity contribution < 1.29 is 24.2 Å². The molecule has 33 heavy (non-hydrogen) atoms. The maximum atomic E-state index is 12.8. The van der Waals surface area contributed by atoms with E-state index in [-0.39, 0.29) is 30.8 Å². The Kier molecular flexibility index (Phi) is 5.35. The van der Waals surface area contributed by atoms with Crippen molar-refractivity contribution >= 4 is 18.0 Å². The molecule has 7 nitrogen and oxygen atoms in total. The standard InChI is InChI=1S/C26H28N2O5/c1-16(13-23(29)28-12-6-7-17-14-26(17,28)24(30)31)27-25(32)33-15-22-20-10-4-2-8-18(20)19-9-3-5-11-21(19)22/h2-5,8-11,16-17,22H,6-7,12-15H2,1H3,(H,27,32)(H,30,31)/t16-,17?,26?/m1/s1. The first-order chi connectivity index (χ1) is 15.9. The topological polar surface area (TPSA) is 95.9 Å². The number of aliphatic carboxylic acids is 1. The van der Waals surface area contributed by atoms with E-state index in [2.05, 4.69) is 29.6 Å². The fraction of sp³-hybridized carbons (Fsp3) is 0.423. The predicted molar refractivity (Wildman–Crippen MR) is 122 cm³/mol. The number of fused-ring (bicyclic) bond motifs is 4. The van der Waals surface area contributed by atoms with E-state index in [1.165, 1.54) is 4.90 Å². The first-order valence-electron chi connectivity index (χ1n) is 11.6. The van der Waals surface area contributed by atoms with Gasteiger partial charge in [0, 0.05) is 24.9 Å². The van der Waals surface area contributed by atoms with Crippen LogP contribution in [0.5, 0.6) is 0 Å². The molecule has 3 atom stereocenters. The number of hydrogen-bond acceptors (Lipinski definition) is 4. The highest BCUT2D eigenvalue weighted by Gasteiger charge is 2.66. The van der Waals surface area contributed by atoms with Gasteiger partial charge in [-0.3, -0.25) is 4.79 Å². The maximum absolute atomic E-state index is 12.8. The second-order valence-corrected chi connectivity index (χ2v) is 9.39. The van der Waals surface area contributed by atoms with Gasteiger partial charge >= 0.3 is 12.1 Å². The molecule has 0 radical (unpaired) electrons. The van der Waals surface area contributed by atoms with E-state index < -0.39 is 23.6 Å². The van der Waals surface area contributed by atoms with Crippen LogP contribution in [0.4, 0.5) is 4.79 Å². The van der Waals surface area contributed by atoms with Gasteiger partial charge in [0.25, 0.3) is 0 Å². The Labute approximate surface area is 192 Å². The minimum atomic E-state index is -1.03. The zero-order valence-electron chi connectivity index (χ0n) is 18.6. The predicted octanol–water partition coefficient (Wildman–Crippen LogP) is 3.77. The van der Waals surface area contributed by atoms with Crippen LogP contribution in [0, 0.1) is 5.92 Å². The summed E-state index contributed by atoms with van der Waals surface area (Å²) in [5, 5.41) is 12.4. The van der Waals surface area contributed by atoms with E-state index in [1.54, 1.807) is 6.92 Å². The molecule has 1 aliphatic heterocycles. The summed E-state index contributed by atoms with van der Waals surface area (Å²) in [4.78, 5) is 38.6. The van der Waals surface area contributed by atoms with Crippen LogP contribution in [0.1, 0.15) is 49.7 Å². The van der Waals surface area contributed by atoms with E-state index in [1.807, 2.05) is 24.3 Å². The Hall–Kier alpha value is -3.35. The molecule has 2 aromatic rings. The van der Waals surface area contributed by atoms with E-state index in [0.717, 1.165) is 35.1 Å². The monoisotopic (exact) mass is 448 g/mol. The van der Waals surface area contributed by atoms with Gasteiger partial charge in [-0.05, 0) is 54.4 Å². The molecule has 1 heterocycles. The molecule has 2 fully saturated rings. The molecule has 1 saturated carbocycles. The van der Waals surface area contributed by atoms with Gasteiger partial charge in [-0.25, -0.2) is 9.59 Å². The first kappa shape index (κ1) is 21.5. The van der Waals surface area contributed by atoms with Gasteiger partial charge in [-0.1, -0.05) is 48.5 Å². The summed E-state index contributed by atoms with van der Waals surface area (Å²) in [6.45, 7) is 2.40. The summed E-state index contributed by atoms with van der Waals surface area (Å²) in [5.74, 6) is -1.13. The number of rotatable bonds is 6. The van der Waals surface area contributed by atoms with E-state index in [0.29, 0.717) is 13.0 Å². The van der Waals surface area contributed by atoms with Crippen molar-refractivity contribution in [2.45, 2.75) is 50.1 Å². The minimum absolute atomic E-state index is 0.0318. The molecule has 2 amide bonds. The molecule has 172 valence electrons. The second-order valence-electron chi connectivity index (χ2n) is 9.39. The van der Waals surface area contributed by atoms with E-state index in [9.17, 15) is 19.5 Å². The zero-order valence-corrected chi connectivity index (χ0v) is 18.6. The Morgan fingerprint density at radius 1 is 1.12 bits per heavy atom. The van der Waals surface area contributed by atoms with Gasteiger partial charge in [0.05, 0.1) is 0 Å². The van der Waals surface area contributed by atoms with Gasteiger partial charge in [-0.2, -0.15) is 0 Å². The lowest BCUT2D eigenvalue weighted by molar-refractivity contribution is -0.154. The Morgan fingerprint density at radius 2 is 1.76 bits per heavy atom. The van der Waals surface area contributed by atoms with Crippen LogP contribution in [0.15, 0.2) is 48.5 Å². The summed E-state index contributed by atoms with van der Waals surface area (Å²) < 4.78 is 5.56. The number of carbonyl (C=O) groups is 3. The number of alkyl carbamates (subject to hydrolysis) is 1. The number of benzene rings is 2. The number of nitrogens with zero attached hydrogens (tertiary/aromatic N) is 1. The summed E-state index contributed by atoms with van der Waals surface area (Å²) in [6, 6.07) is 15.8. The summed E-state index contributed by atoms with van der Waals surface area (Å²) in [5.41, 5.74) is 3.57. The quantitative estimate of drug-likeness (QED) is 0.701. The SMILES string of the molecule is C[C@H](CC(=O)N1CCCC2CC21C(=O)O)NC(=O)OCC1c2ccccc2-c2ccccc21. The fourth-order valence-electron chi connectivity index (χ4n) is 5.67. The van der Waals surface area contributed by atoms with Crippen LogP contribution in [0.25, 0.3) is 11.1 Å². The first-order valence-corrected chi connectivity index (χ1v) is 11.6. The molecular formula is C26H28N2O5. The van der Waals surface area contributed by atoms with Gasteiger partial charge in [0.15, 0.2) is 0 Å². The van der Waals surface area contributed by atoms with Gasteiger partial charge in [0.2, 0.25) is 5.91 Å². The van der Waals surface area contributed by atoms with Crippen LogP contribution in [-0.4, -0.2) is 52.7 Å². The molecule has 1 saturated heterocycles. The number of carbonyl (C=O) groups excluding carboxylic acids is 2. The number of amides is 2. The van der Waals surface area contributed by atoms with E-state index >= 15 is 0 Å². The smallest absolute Gasteiger partial charge is 0.407 e. The number of likely N-dealkylation sites (tertiary alicyclic amines) is 1. The molecule has 0 bridgehead atoms. The third-order valence-corrected chi connectivity index (χ3v) is 7.35. The minimum Gasteiger partial charge on any atom is -0.479 e. The number of carboxylic acid groups (broad SMARTS) is 1. The molecule has 2 aliphatic carbocycles. The lowest BCUT2D eigenvalue weighted by Gasteiger charge is -2.34. The number of carboxylic acids is 1. The fourth-order valence-corrected chi connectivity index (χ4v) is 5.67. The number of ether oxygens (including phenoxy) is 1. The van der Waals surface area contributed by atoms with Gasteiger partial charge in [-0.15, -0.1) is 0 Å². The molecule has 7 heteroatoms. The van der Waals surface area contributed by atoms with Crippen molar-refractivity contribution in [3.05, 3.63) is 59.7 Å². The van der Waals surface area contributed by atoms with Crippen LogP contribution >= 0.6 is 0 Å². The van der Waals surface area contributed by atoms with Crippen LogP contribution in [0.2, 0.25) is 0 Å². The molecule has 2 unspecified atom stereocenters. The molecule has 3 aliphatic rings. The summed E-state index contributed by atoms with van der Waals surface area (Å²) in [7, 11) is 0. The van der Waals surface area contributed by atoms with Crippen molar-refractivity contribution in [3.63, 3.8) is 0 Å². The molecule has 0 aromatic heterocycles. The average molecular weight is 449 g/mol. The third-order valence-electron chi connectivity index (χ3n) is 7.35. The molecule has 0 spiro atoms. The second kappa shape index (κ2) is 8.21. The van der Waals surface area contributed by atoms with Crippen molar-refractivity contribution in [1.29, 1.82) is 0 Å². The van der Waals surface area contributed by atoms with Crippen LogP contribution < -0.4 is 5.32 Å². The zero-order chi connectivity index (χ0) is 23.2. The highest BCUT2D eigenvalue weighted by Crippen LogP contribution is 2.54. The lowest BCUT2D eigenvalue weighted by Crippen LogP contribution is -2.52. The summed E-state index contributed by atoms with van der Waals surface area (Å²) >= 11 is 0. The molecule has 2 aromatic carbocycles. The van der Waals surface area contributed by atoms with Crippen molar-refractivity contribution in [1.82, 2.24) is 10.2 Å². The van der Waals surface area contributed by atoms with Gasteiger partial charge < -0.3 is 20.1 Å². The van der Waals surface area contributed by atoms with Gasteiger partial charge in [0.1, 0.15) is 12.1 Å².